The van der Waals surface area contributed by atoms with Gasteiger partial charge in [0.2, 0.25) is 0 Å². The fourth-order valence-electron chi connectivity index (χ4n) is 3.55. The predicted octanol–water partition coefficient (Wildman–Crippen LogP) is 2.74. The molecule has 0 saturated carbocycles. The maximum Gasteiger partial charge on any atom is 0.254 e. The normalized spacial score (nSPS) is 26.5. The Morgan fingerprint density at radius 2 is 2.14 bits per heavy atom. The quantitative estimate of drug-likeness (QED) is 0.749. The number of carbonyl (C=O) groups is 1. The Kier molecular flexibility index (Phi) is 4.18. The first-order chi connectivity index (χ1) is 10.0. The van der Waals surface area contributed by atoms with Gasteiger partial charge in [-0.05, 0) is 45.4 Å². The van der Waals surface area contributed by atoms with Crippen LogP contribution in [0.5, 0.6) is 0 Å². The van der Waals surface area contributed by atoms with Gasteiger partial charge in [0.15, 0.2) is 0 Å². The summed E-state index contributed by atoms with van der Waals surface area (Å²) in [4.78, 5) is 21.5. The lowest BCUT2D eigenvalue weighted by atomic mass is 9.96. The number of fused-ring (bicyclic) bond motifs is 1. The highest BCUT2D eigenvalue weighted by Crippen LogP contribution is 2.25. The summed E-state index contributed by atoms with van der Waals surface area (Å²) in [7, 11) is 0. The number of piperidine rings is 1. The minimum Gasteiger partial charge on any atom is -0.333 e. The van der Waals surface area contributed by atoms with E-state index in [4.69, 9.17) is 11.6 Å². The fraction of sp³-hybridized carbons (Fsp3) is 0.625. The van der Waals surface area contributed by atoms with Gasteiger partial charge in [0, 0.05) is 36.4 Å². The van der Waals surface area contributed by atoms with E-state index in [2.05, 4.69) is 16.8 Å². The number of pyridine rings is 1. The zero-order valence-corrected chi connectivity index (χ0v) is 13.4. The maximum atomic E-state index is 12.8. The summed E-state index contributed by atoms with van der Waals surface area (Å²) in [5, 5.41) is 0.391. The van der Waals surface area contributed by atoms with Gasteiger partial charge < -0.3 is 4.90 Å². The van der Waals surface area contributed by atoms with Crippen LogP contribution in [0.1, 0.15) is 42.2 Å². The molecule has 2 saturated heterocycles. The van der Waals surface area contributed by atoms with Crippen molar-refractivity contribution < 1.29 is 4.79 Å². The molecule has 0 aromatic carbocycles. The van der Waals surface area contributed by atoms with Gasteiger partial charge in [-0.25, -0.2) is 4.98 Å². The maximum absolute atomic E-state index is 12.8. The predicted molar refractivity (Wildman–Crippen MR) is 83.7 cm³/mol. The third-order valence-electron chi connectivity index (χ3n) is 4.62. The largest absolute Gasteiger partial charge is 0.333 e. The smallest absolute Gasteiger partial charge is 0.254 e. The molecule has 2 aliphatic rings. The SMILES string of the molecule is Cc1cc(C(=O)N2CC3CCCCN3CC2C)cc(Cl)n1. The number of rotatable bonds is 1. The number of hydrogen-bond acceptors (Lipinski definition) is 3. The number of carbonyl (C=O) groups excluding carboxylic acids is 1. The molecule has 114 valence electrons. The van der Waals surface area contributed by atoms with Crippen LogP contribution in [0.2, 0.25) is 5.15 Å². The van der Waals surface area contributed by atoms with Crippen molar-refractivity contribution in [3.63, 3.8) is 0 Å². The Morgan fingerprint density at radius 3 is 2.90 bits per heavy atom. The highest BCUT2D eigenvalue weighted by molar-refractivity contribution is 6.29. The van der Waals surface area contributed by atoms with Crippen molar-refractivity contribution in [1.82, 2.24) is 14.8 Å². The summed E-state index contributed by atoms with van der Waals surface area (Å²) in [5.41, 5.74) is 1.44. The van der Waals surface area contributed by atoms with Crippen LogP contribution in [0.15, 0.2) is 12.1 Å². The lowest BCUT2D eigenvalue weighted by Crippen LogP contribution is -2.60. The standard InChI is InChI=1S/C16H22ClN3O/c1-11-7-13(8-15(17)18-11)16(21)20-10-14-5-3-4-6-19(14)9-12(20)2/h7-8,12,14H,3-6,9-10H2,1-2H3. The lowest BCUT2D eigenvalue weighted by Gasteiger charge is -2.47. The fourth-order valence-corrected chi connectivity index (χ4v) is 3.80. The first-order valence-electron chi connectivity index (χ1n) is 7.74. The molecule has 2 aliphatic heterocycles. The van der Waals surface area contributed by atoms with Crippen molar-refractivity contribution in [2.45, 2.75) is 45.2 Å². The Labute approximate surface area is 131 Å². The Balaban J connectivity index is 1.80. The summed E-state index contributed by atoms with van der Waals surface area (Å²) in [6.07, 6.45) is 3.76. The Hall–Kier alpha value is -1.13. The van der Waals surface area contributed by atoms with Crippen LogP contribution in [-0.2, 0) is 0 Å². The van der Waals surface area contributed by atoms with Gasteiger partial charge in [-0.1, -0.05) is 18.0 Å². The van der Waals surface area contributed by atoms with Crippen LogP contribution in [0, 0.1) is 6.92 Å². The molecule has 2 fully saturated rings. The van der Waals surface area contributed by atoms with Gasteiger partial charge >= 0.3 is 0 Å². The molecular weight excluding hydrogens is 286 g/mol. The zero-order valence-electron chi connectivity index (χ0n) is 12.7. The Morgan fingerprint density at radius 1 is 1.33 bits per heavy atom. The number of halogens is 1. The van der Waals surface area contributed by atoms with Gasteiger partial charge in [0.05, 0.1) is 0 Å². The molecule has 3 rings (SSSR count). The third-order valence-corrected chi connectivity index (χ3v) is 4.81. The van der Waals surface area contributed by atoms with Gasteiger partial charge in [-0.2, -0.15) is 0 Å². The highest BCUT2D eigenvalue weighted by atomic mass is 35.5. The van der Waals surface area contributed by atoms with Crippen LogP contribution in [-0.4, -0.2) is 52.4 Å². The van der Waals surface area contributed by atoms with E-state index in [1.807, 2.05) is 17.9 Å². The number of amides is 1. The second-order valence-corrected chi connectivity index (χ2v) is 6.66. The van der Waals surface area contributed by atoms with E-state index in [0.717, 1.165) is 18.8 Å². The molecule has 1 aromatic heterocycles. The van der Waals surface area contributed by atoms with Gasteiger partial charge in [-0.15, -0.1) is 0 Å². The third kappa shape index (κ3) is 3.06. The van der Waals surface area contributed by atoms with Gasteiger partial charge in [-0.3, -0.25) is 9.69 Å². The van der Waals surface area contributed by atoms with E-state index in [0.29, 0.717) is 16.8 Å². The molecule has 0 N–H and O–H groups in total. The van der Waals surface area contributed by atoms with Crippen LogP contribution in [0.25, 0.3) is 0 Å². The minimum absolute atomic E-state index is 0.0834. The topological polar surface area (TPSA) is 36.4 Å². The van der Waals surface area contributed by atoms with E-state index < -0.39 is 0 Å². The molecule has 1 amide bonds. The lowest BCUT2D eigenvalue weighted by molar-refractivity contribution is 0.0151. The summed E-state index contributed by atoms with van der Waals surface area (Å²) in [6, 6.07) is 4.28. The van der Waals surface area contributed by atoms with E-state index in [9.17, 15) is 4.79 Å². The van der Waals surface area contributed by atoms with Gasteiger partial charge in [0.1, 0.15) is 5.15 Å². The molecule has 2 unspecified atom stereocenters. The molecular formula is C16H22ClN3O. The van der Waals surface area contributed by atoms with Crippen molar-refractivity contribution in [1.29, 1.82) is 0 Å². The van der Waals surface area contributed by atoms with E-state index in [1.165, 1.54) is 25.8 Å². The molecule has 0 spiro atoms. The minimum atomic E-state index is 0.0834. The summed E-state index contributed by atoms with van der Waals surface area (Å²) in [5.74, 6) is 0.0834. The first kappa shape index (κ1) is 14.8. The first-order valence-corrected chi connectivity index (χ1v) is 8.11. The molecule has 0 bridgehead atoms. The Bertz CT molecular complexity index is 528. The van der Waals surface area contributed by atoms with E-state index in [-0.39, 0.29) is 11.9 Å². The second kappa shape index (κ2) is 5.93. The second-order valence-electron chi connectivity index (χ2n) is 6.27. The number of aryl methyl sites for hydroxylation is 1. The van der Waals surface area contributed by atoms with E-state index >= 15 is 0 Å². The molecule has 4 nitrogen and oxygen atoms in total. The van der Waals surface area contributed by atoms with Crippen LogP contribution >= 0.6 is 11.6 Å². The number of piperazine rings is 1. The van der Waals surface area contributed by atoms with Crippen LogP contribution in [0.3, 0.4) is 0 Å². The highest BCUT2D eigenvalue weighted by Gasteiger charge is 2.35. The molecule has 1 aromatic rings. The van der Waals surface area contributed by atoms with Crippen molar-refractivity contribution in [2.75, 3.05) is 19.6 Å². The average Bonchev–Trinajstić information content (AvgIpc) is 2.44. The number of nitrogens with zero attached hydrogens (tertiary/aromatic N) is 3. The molecule has 3 heterocycles. The molecule has 2 atom stereocenters. The number of hydrogen-bond donors (Lipinski definition) is 0. The monoisotopic (exact) mass is 307 g/mol. The summed E-state index contributed by atoms with van der Waals surface area (Å²) in [6.45, 7) is 6.99. The summed E-state index contributed by atoms with van der Waals surface area (Å²) < 4.78 is 0. The van der Waals surface area contributed by atoms with Crippen molar-refractivity contribution in [2.24, 2.45) is 0 Å². The van der Waals surface area contributed by atoms with Crippen LogP contribution < -0.4 is 0 Å². The average molecular weight is 308 g/mol. The van der Waals surface area contributed by atoms with Crippen molar-refractivity contribution >= 4 is 17.5 Å². The van der Waals surface area contributed by atoms with Crippen molar-refractivity contribution in [3.05, 3.63) is 28.5 Å². The molecule has 5 heteroatoms. The van der Waals surface area contributed by atoms with Gasteiger partial charge in [0.25, 0.3) is 5.91 Å². The molecule has 21 heavy (non-hydrogen) atoms. The number of aromatic nitrogens is 1. The molecule has 0 aliphatic carbocycles. The van der Waals surface area contributed by atoms with E-state index in [1.54, 1.807) is 6.07 Å². The zero-order chi connectivity index (χ0) is 15.0. The van der Waals surface area contributed by atoms with Crippen LogP contribution in [0.4, 0.5) is 0 Å². The molecule has 0 radical (unpaired) electrons. The van der Waals surface area contributed by atoms with Crippen molar-refractivity contribution in [3.8, 4) is 0 Å². The summed E-state index contributed by atoms with van der Waals surface area (Å²) >= 11 is 5.99.